The molecule has 1 atom stereocenters. The lowest BCUT2D eigenvalue weighted by atomic mass is 9.86. The summed E-state index contributed by atoms with van der Waals surface area (Å²) in [5.74, 6) is -0.389. The van der Waals surface area contributed by atoms with E-state index >= 15 is 0 Å². The number of hydrogen-bond acceptors (Lipinski definition) is 5. The molecule has 1 amide bonds. The average Bonchev–Trinajstić information content (AvgIpc) is 3.10. The summed E-state index contributed by atoms with van der Waals surface area (Å²) >= 11 is 0. The minimum Gasteiger partial charge on any atom is -0.347 e. The Kier molecular flexibility index (Phi) is 4.93. The van der Waals surface area contributed by atoms with Gasteiger partial charge < -0.3 is 9.88 Å². The predicted molar refractivity (Wildman–Crippen MR) is 105 cm³/mol. The van der Waals surface area contributed by atoms with Crippen LogP contribution in [0.5, 0.6) is 0 Å². The zero-order valence-electron chi connectivity index (χ0n) is 16.6. The molecule has 0 radical (unpaired) electrons. The molecule has 0 aliphatic rings. The van der Waals surface area contributed by atoms with Gasteiger partial charge in [0, 0.05) is 31.7 Å². The number of hydrogen-bond donors (Lipinski definition) is 2. The van der Waals surface area contributed by atoms with E-state index in [1.165, 1.54) is 11.6 Å². The third-order valence-electron chi connectivity index (χ3n) is 4.75. The van der Waals surface area contributed by atoms with Crippen molar-refractivity contribution in [3.05, 3.63) is 56.9 Å². The third-order valence-corrected chi connectivity index (χ3v) is 4.75. The zero-order valence-corrected chi connectivity index (χ0v) is 16.6. The highest BCUT2D eigenvalue weighted by Crippen LogP contribution is 2.22. The van der Waals surface area contributed by atoms with Gasteiger partial charge in [0.15, 0.2) is 0 Å². The molecule has 148 valence electrons. The number of rotatable bonds is 4. The molecular weight excluding hydrogens is 360 g/mol. The summed E-state index contributed by atoms with van der Waals surface area (Å²) in [6, 6.07) is 1.35. The molecule has 0 bridgehead atoms. The Morgan fingerprint density at radius 2 is 2.04 bits per heavy atom. The minimum absolute atomic E-state index is 0.0977. The van der Waals surface area contributed by atoms with E-state index in [2.05, 4.69) is 20.3 Å². The first-order chi connectivity index (χ1) is 13.1. The van der Waals surface area contributed by atoms with Gasteiger partial charge in [0.05, 0.1) is 23.3 Å². The van der Waals surface area contributed by atoms with E-state index in [0.29, 0.717) is 12.2 Å². The van der Waals surface area contributed by atoms with Gasteiger partial charge in [0.1, 0.15) is 5.65 Å². The summed E-state index contributed by atoms with van der Waals surface area (Å²) in [6.07, 6.45) is 5.20. The van der Waals surface area contributed by atoms with Crippen molar-refractivity contribution in [3.63, 3.8) is 0 Å². The molecule has 28 heavy (non-hydrogen) atoms. The van der Waals surface area contributed by atoms with Crippen LogP contribution >= 0.6 is 0 Å². The van der Waals surface area contributed by atoms with Crippen LogP contribution in [0.1, 0.15) is 36.8 Å². The van der Waals surface area contributed by atoms with Crippen molar-refractivity contribution < 1.29 is 4.79 Å². The van der Waals surface area contributed by atoms with Crippen molar-refractivity contribution in [2.24, 2.45) is 12.5 Å². The van der Waals surface area contributed by atoms with Crippen LogP contribution in [0.2, 0.25) is 0 Å². The van der Waals surface area contributed by atoms with Gasteiger partial charge in [-0.2, -0.15) is 0 Å². The summed E-state index contributed by atoms with van der Waals surface area (Å²) in [7, 11) is 1.51. The maximum Gasteiger partial charge on any atom is 0.329 e. The Hall–Kier alpha value is -3.23. The molecule has 0 saturated heterocycles. The first-order valence-electron chi connectivity index (χ1n) is 8.95. The fourth-order valence-electron chi connectivity index (χ4n) is 3.02. The molecule has 2 N–H and O–H groups in total. The van der Waals surface area contributed by atoms with Crippen molar-refractivity contribution in [1.29, 1.82) is 0 Å². The largest absolute Gasteiger partial charge is 0.347 e. The quantitative estimate of drug-likeness (QED) is 0.696. The zero-order chi connectivity index (χ0) is 20.6. The lowest BCUT2D eigenvalue weighted by molar-refractivity contribution is 0.0894. The summed E-state index contributed by atoms with van der Waals surface area (Å²) < 4.78 is 3.12. The van der Waals surface area contributed by atoms with E-state index in [-0.39, 0.29) is 34.0 Å². The summed E-state index contributed by atoms with van der Waals surface area (Å²) in [5, 5.41) is 3.13. The van der Waals surface area contributed by atoms with Gasteiger partial charge >= 0.3 is 5.69 Å². The number of aromatic amines is 1. The monoisotopic (exact) mass is 384 g/mol. The first-order valence-corrected chi connectivity index (χ1v) is 8.95. The number of aryl methyl sites for hydroxylation is 2. The Morgan fingerprint density at radius 1 is 1.32 bits per heavy atom. The smallest absolute Gasteiger partial charge is 0.329 e. The van der Waals surface area contributed by atoms with Crippen LogP contribution in [0.25, 0.3) is 11.0 Å². The van der Waals surface area contributed by atoms with Crippen molar-refractivity contribution in [2.75, 3.05) is 0 Å². The van der Waals surface area contributed by atoms with Gasteiger partial charge in [-0.15, -0.1) is 0 Å². The Labute approximate surface area is 161 Å². The molecule has 3 aromatic rings. The number of H-pyrrole nitrogens is 1. The lowest BCUT2D eigenvalue weighted by Crippen LogP contribution is -2.46. The van der Waals surface area contributed by atoms with Gasteiger partial charge in [-0.1, -0.05) is 20.8 Å². The highest BCUT2D eigenvalue weighted by Gasteiger charge is 2.28. The SMILES string of the molecule is Cc1cc(C(=O)N[C@H](Cn2ccnc2)C(C)(C)C)c2c(=O)[nH]c(=O)n(C)c2n1. The standard InChI is InChI=1S/C19H24N6O3/c1-11-8-12(14-15(21-11)24(5)18(28)23-17(14)27)16(26)22-13(19(2,3)4)9-25-7-6-20-10-25/h6-8,10,13H,9H2,1-5H3,(H,22,26)(H,23,27,28)/t13-/m1/s1. The number of pyridine rings is 1. The molecule has 0 saturated carbocycles. The summed E-state index contributed by atoms with van der Waals surface area (Å²) in [5.41, 5.74) is -0.524. The van der Waals surface area contributed by atoms with Crippen LogP contribution < -0.4 is 16.6 Å². The Morgan fingerprint density at radius 3 is 2.64 bits per heavy atom. The van der Waals surface area contributed by atoms with Crippen LogP contribution in [0.15, 0.2) is 34.4 Å². The van der Waals surface area contributed by atoms with Crippen LogP contribution in [-0.2, 0) is 13.6 Å². The molecular formula is C19H24N6O3. The Bertz CT molecular complexity index is 1140. The van der Waals surface area contributed by atoms with Gasteiger partial charge in [-0.3, -0.25) is 19.1 Å². The maximum atomic E-state index is 13.1. The lowest BCUT2D eigenvalue weighted by Gasteiger charge is -2.32. The molecule has 3 rings (SSSR count). The molecule has 3 heterocycles. The molecule has 0 aromatic carbocycles. The second-order valence-corrected chi connectivity index (χ2v) is 7.98. The number of amides is 1. The number of fused-ring (bicyclic) bond motifs is 1. The van der Waals surface area contributed by atoms with Crippen molar-refractivity contribution >= 4 is 16.9 Å². The number of carbonyl (C=O) groups excluding carboxylic acids is 1. The highest BCUT2D eigenvalue weighted by atomic mass is 16.2. The fraction of sp³-hybridized carbons (Fsp3) is 0.421. The van der Waals surface area contributed by atoms with Crippen molar-refractivity contribution in [1.82, 2.24) is 29.4 Å². The van der Waals surface area contributed by atoms with Crippen LogP contribution in [0.4, 0.5) is 0 Å². The molecule has 0 aliphatic carbocycles. The van der Waals surface area contributed by atoms with Crippen molar-refractivity contribution in [3.8, 4) is 0 Å². The summed E-state index contributed by atoms with van der Waals surface area (Å²) in [4.78, 5) is 48.0. The second kappa shape index (κ2) is 7.06. The van der Waals surface area contributed by atoms with Crippen LogP contribution in [-0.4, -0.2) is 36.0 Å². The number of nitrogens with one attached hydrogen (secondary N) is 2. The van der Waals surface area contributed by atoms with E-state index in [4.69, 9.17) is 0 Å². The number of nitrogens with zero attached hydrogens (tertiary/aromatic N) is 4. The Balaban J connectivity index is 2.06. The molecule has 0 fully saturated rings. The van der Waals surface area contributed by atoms with Crippen LogP contribution in [0, 0.1) is 12.3 Å². The topological polar surface area (TPSA) is 115 Å². The van der Waals surface area contributed by atoms with E-state index < -0.39 is 11.2 Å². The second-order valence-electron chi connectivity index (χ2n) is 7.98. The predicted octanol–water partition coefficient (Wildman–Crippen LogP) is 0.971. The number of aromatic nitrogens is 5. The molecule has 9 nitrogen and oxygen atoms in total. The van der Waals surface area contributed by atoms with Gasteiger partial charge in [0.25, 0.3) is 11.5 Å². The average molecular weight is 384 g/mol. The van der Waals surface area contributed by atoms with Crippen molar-refractivity contribution in [2.45, 2.75) is 40.3 Å². The fourth-order valence-corrected chi connectivity index (χ4v) is 3.02. The number of imidazole rings is 1. The number of carbonyl (C=O) groups is 1. The van der Waals surface area contributed by atoms with E-state index in [1.54, 1.807) is 25.5 Å². The van der Waals surface area contributed by atoms with Gasteiger partial charge in [-0.05, 0) is 18.4 Å². The van der Waals surface area contributed by atoms with Crippen LogP contribution in [0.3, 0.4) is 0 Å². The minimum atomic E-state index is -0.627. The van der Waals surface area contributed by atoms with E-state index in [0.717, 1.165) is 0 Å². The van der Waals surface area contributed by atoms with Gasteiger partial charge in [0.2, 0.25) is 0 Å². The molecule has 3 aromatic heterocycles. The normalized spacial score (nSPS) is 12.9. The third kappa shape index (κ3) is 3.73. The molecule has 0 unspecified atom stereocenters. The highest BCUT2D eigenvalue weighted by molar-refractivity contribution is 6.05. The molecule has 9 heteroatoms. The first kappa shape index (κ1) is 19.5. The maximum absolute atomic E-state index is 13.1. The molecule has 0 aliphatic heterocycles. The van der Waals surface area contributed by atoms with Gasteiger partial charge in [-0.25, -0.2) is 14.8 Å². The van der Waals surface area contributed by atoms with E-state index in [9.17, 15) is 14.4 Å². The molecule has 0 spiro atoms. The van der Waals surface area contributed by atoms with E-state index in [1.807, 2.05) is 31.5 Å². The summed E-state index contributed by atoms with van der Waals surface area (Å²) in [6.45, 7) is 8.34.